The van der Waals surface area contributed by atoms with Crippen LogP contribution in [0.2, 0.25) is 0 Å². The second-order valence-corrected chi connectivity index (χ2v) is 5.30. The van der Waals surface area contributed by atoms with Crippen LogP contribution in [0, 0.1) is 12.8 Å². The van der Waals surface area contributed by atoms with Gasteiger partial charge in [0, 0.05) is 24.7 Å². The Morgan fingerprint density at radius 1 is 1.60 bits per heavy atom. The molecule has 3 rings (SSSR count). The number of amides is 1. The van der Waals surface area contributed by atoms with Gasteiger partial charge in [-0.2, -0.15) is 5.10 Å². The van der Waals surface area contributed by atoms with Gasteiger partial charge in [0.05, 0.1) is 23.6 Å². The van der Waals surface area contributed by atoms with E-state index < -0.39 is 6.10 Å². The van der Waals surface area contributed by atoms with Crippen molar-refractivity contribution in [1.29, 1.82) is 0 Å². The Kier molecular flexibility index (Phi) is 3.31. The number of β-amino-alcohol motifs (C(OH)–C–C–N with tert-alkyl or cyclic N) is 1. The third-order valence-electron chi connectivity index (χ3n) is 3.69. The molecule has 3 heterocycles. The zero-order valence-electron chi connectivity index (χ0n) is 11.2. The number of aromatic nitrogens is 2. The third-order valence-corrected chi connectivity index (χ3v) is 3.69. The molecule has 1 aliphatic heterocycles. The highest BCUT2D eigenvalue weighted by Gasteiger charge is 2.34. The number of H-pyrrole nitrogens is 1. The number of carbonyl (C=O) groups is 1. The van der Waals surface area contributed by atoms with E-state index in [9.17, 15) is 9.90 Å². The monoisotopic (exact) mass is 275 g/mol. The fraction of sp³-hybridized carbons (Fsp3) is 0.429. The maximum Gasteiger partial charge on any atom is 0.257 e. The Hall–Kier alpha value is -2.08. The number of aryl methyl sites for hydroxylation is 1. The first kappa shape index (κ1) is 12.9. The minimum Gasteiger partial charge on any atom is -0.472 e. The van der Waals surface area contributed by atoms with Gasteiger partial charge in [-0.3, -0.25) is 9.89 Å². The van der Waals surface area contributed by atoms with E-state index in [1.165, 1.54) is 12.5 Å². The summed E-state index contributed by atoms with van der Waals surface area (Å²) in [4.78, 5) is 13.9. The van der Waals surface area contributed by atoms with E-state index in [4.69, 9.17) is 4.42 Å². The van der Waals surface area contributed by atoms with E-state index in [1.54, 1.807) is 11.0 Å². The molecule has 20 heavy (non-hydrogen) atoms. The summed E-state index contributed by atoms with van der Waals surface area (Å²) < 4.78 is 4.92. The molecule has 2 N–H and O–H groups in total. The number of nitrogens with one attached hydrogen (secondary N) is 1. The van der Waals surface area contributed by atoms with Crippen molar-refractivity contribution in [2.24, 2.45) is 5.92 Å². The van der Waals surface area contributed by atoms with Crippen LogP contribution in [0.25, 0.3) is 0 Å². The summed E-state index contributed by atoms with van der Waals surface area (Å²) in [5.41, 5.74) is 2.44. The largest absolute Gasteiger partial charge is 0.472 e. The molecule has 6 nitrogen and oxygen atoms in total. The fourth-order valence-corrected chi connectivity index (χ4v) is 2.64. The minimum absolute atomic E-state index is 0.0218. The Bertz CT molecular complexity index is 591. The lowest BCUT2D eigenvalue weighted by Crippen LogP contribution is -2.29. The number of hydrogen-bond acceptors (Lipinski definition) is 4. The second-order valence-electron chi connectivity index (χ2n) is 5.30. The van der Waals surface area contributed by atoms with Crippen LogP contribution in [-0.2, 0) is 6.42 Å². The molecule has 1 amide bonds. The van der Waals surface area contributed by atoms with Gasteiger partial charge in [0.1, 0.15) is 6.26 Å². The van der Waals surface area contributed by atoms with Crippen LogP contribution in [0.4, 0.5) is 0 Å². The summed E-state index contributed by atoms with van der Waals surface area (Å²) in [6, 6.07) is 3.60. The quantitative estimate of drug-likeness (QED) is 0.875. The van der Waals surface area contributed by atoms with Crippen molar-refractivity contribution in [1.82, 2.24) is 15.1 Å². The number of aliphatic hydroxyl groups excluding tert-OH is 1. The highest BCUT2D eigenvalue weighted by molar-refractivity contribution is 5.94. The Labute approximate surface area is 116 Å². The van der Waals surface area contributed by atoms with E-state index in [0.29, 0.717) is 25.1 Å². The number of nitrogens with zero attached hydrogens (tertiary/aromatic N) is 2. The van der Waals surface area contributed by atoms with Gasteiger partial charge >= 0.3 is 0 Å². The molecule has 0 radical (unpaired) electrons. The maximum atomic E-state index is 12.2. The van der Waals surface area contributed by atoms with Crippen molar-refractivity contribution < 1.29 is 14.3 Å². The van der Waals surface area contributed by atoms with Crippen molar-refractivity contribution in [2.75, 3.05) is 13.1 Å². The molecule has 1 fully saturated rings. The van der Waals surface area contributed by atoms with Gasteiger partial charge in [-0.25, -0.2) is 0 Å². The average Bonchev–Trinajstić information content (AvgIpc) is 3.12. The molecule has 2 aromatic heterocycles. The molecular weight excluding hydrogens is 258 g/mol. The van der Waals surface area contributed by atoms with Gasteiger partial charge in [0.25, 0.3) is 5.91 Å². The number of carbonyl (C=O) groups excluding carboxylic acids is 1. The maximum absolute atomic E-state index is 12.2. The van der Waals surface area contributed by atoms with Gasteiger partial charge in [0.15, 0.2) is 0 Å². The smallest absolute Gasteiger partial charge is 0.257 e. The van der Waals surface area contributed by atoms with Crippen molar-refractivity contribution in [3.8, 4) is 0 Å². The normalized spacial score (nSPS) is 22.4. The number of rotatable bonds is 3. The summed E-state index contributed by atoms with van der Waals surface area (Å²) >= 11 is 0. The lowest BCUT2D eigenvalue weighted by molar-refractivity contribution is 0.0764. The van der Waals surface area contributed by atoms with Crippen LogP contribution < -0.4 is 0 Å². The first-order valence-electron chi connectivity index (χ1n) is 6.64. The zero-order valence-corrected chi connectivity index (χ0v) is 11.2. The molecule has 0 saturated carbocycles. The van der Waals surface area contributed by atoms with Crippen molar-refractivity contribution in [3.05, 3.63) is 41.6 Å². The standard InChI is InChI=1S/C14H17N3O3/c1-9-4-12(16-15-9)5-11-6-17(7-13(11)18)14(19)10-2-3-20-8-10/h2-4,8,11,13,18H,5-7H2,1H3,(H,15,16)/t11-,13+/m1/s1. The van der Waals surface area contributed by atoms with Crippen molar-refractivity contribution >= 4 is 5.91 Å². The fourth-order valence-electron chi connectivity index (χ4n) is 2.64. The predicted octanol–water partition coefficient (Wildman–Crippen LogP) is 0.987. The number of likely N-dealkylation sites (tertiary alicyclic amines) is 1. The molecule has 0 aromatic carbocycles. The van der Waals surface area contributed by atoms with E-state index >= 15 is 0 Å². The molecule has 0 spiro atoms. The number of aromatic amines is 1. The second kappa shape index (κ2) is 5.13. The molecule has 2 aromatic rings. The molecule has 106 valence electrons. The van der Waals surface area contributed by atoms with Crippen LogP contribution in [0.5, 0.6) is 0 Å². The zero-order chi connectivity index (χ0) is 14.1. The van der Waals surface area contributed by atoms with Gasteiger partial charge in [0.2, 0.25) is 0 Å². The minimum atomic E-state index is -0.511. The van der Waals surface area contributed by atoms with Crippen LogP contribution in [-0.4, -0.2) is 45.3 Å². The predicted molar refractivity (Wildman–Crippen MR) is 71.1 cm³/mol. The molecule has 1 saturated heterocycles. The molecule has 0 aliphatic carbocycles. The SMILES string of the molecule is Cc1cc(C[C@@H]2CN(C(=O)c3ccoc3)C[C@@H]2O)n[nH]1. The van der Waals surface area contributed by atoms with Crippen LogP contribution in [0.15, 0.2) is 29.1 Å². The van der Waals surface area contributed by atoms with Gasteiger partial charge in [-0.05, 0) is 25.5 Å². The highest BCUT2D eigenvalue weighted by Crippen LogP contribution is 2.22. The summed E-state index contributed by atoms with van der Waals surface area (Å²) in [5, 5.41) is 17.2. The Balaban J connectivity index is 1.66. The van der Waals surface area contributed by atoms with Crippen LogP contribution in [0.1, 0.15) is 21.7 Å². The van der Waals surface area contributed by atoms with Crippen LogP contribution in [0.3, 0.4) is 0 Å². The van der Waals surface area contributed by atoms with E-state index in [2.05, 4.69) is 10.2 Å². The van der Waals surface area contributed by atoms with E-state index in [0.717, 1.165) is 11.4 Å². The number of aliphatic hydroxyl groups is 1. The highest BCUT2D eigenvalue weighted by atomic mass is 16.3. The molecular formula is C14H17N3O3. The molecule has 0 unspecified atom stereocenters. The summed E-state index contributed by atoms with van der Waals surface area (Å²) in [6.07, 6.45) is 3.06. The van der Waals surface area contributed by atoms with Gasteiger partial charge < -0.3 is 14.4 Å². The van der Waals surface area contributed by atoms with Crippen molar-refractivity contribution in [3.63, 3.8) is 0 Å². The number of hydrogen-bond donors (Lipinski definition) is 2. The molecule has 6 heteroatoms. The lowest BCUT2D eigenvalue weighted by atomic mass is 10.0. The molecule has 0 bridgehead atoms. The van der Waals surface area contributed by atoms with Gasteiger partial charge in [-0.15, -0.1) is 0 Å². The van der Waals surface area contributed by atoms with Crippen LogP contribution >= 0.6 is 0 Å². The Morgan fingerprint density at radius 2 is 2.45 bits per heavy atom. The van der Waals surface area contributed by atoms with Crippen molar-refractivity contribution in [2.45, 2.75) is 19.4 Å². The molecule has 2 atom stereocenters. The number of furan rings is 1. The Morgan fingerprint density at radius 3 is 3.10 bits per heavy atom. The van der Waals surface area contributed by atoms with E-state index in [-0.39, 0.29) is 11.8 Å². The first-order valence-corrected chi connectivity index (χ1v) is 6.64. The summed E-state index contributed by atoms with van der Waals surface area (Å²) in [7, 11) is 0. The lowest BCUT2D eigenvalue weighted by Gasteiger charge is -2.14. The van der Waals surface area contributed by atoms with Gasteiger partial charge in [-0.1, -0.05) is 0 Å². The third kappa shape index (κ3) is 2.46. The summed E-state index contributed by atoms with van der Waals surface area (Å²) in [5.74, 6) is -0.0768. The van der Waals surface area contributed by atoms with E-state index in [1.807, 2.05) is 13.0 Å². The molecule has 1 aliphatic rings. The topological polar surface area (TPSA) is 82.4 Å². The first-order chi connectivity index (χ1) is 9.63. The average molecular weight is 275 g/mol. The summed E-state index contributed by atoms with van der Waals surface area (Å²) in [6.45, 7) is 2.84.